The molecule has 0 spiro atoms. The number of hydrogen-bond donors (Lipinski definition) is 1. The SMILES string of the molecule is CCCCSCCC(=O)Nc1ccc(OC)cc1. The van der Waals surface area contributed by atoms with Crippen LogP contribution in [0.2, 0.25) is 0 Å². The van der Waals surface area contributed by atoms with Gasteiger partial charge in [-0.25, -0.2) is 0 Å². The lowest BCUT2D eigenvalue weighted by molar-refractivity contribution is -0.115. The molecule has 0 saturated carbocycles. The van der Waals surface area contributed by atoms with Crippen LogP contribution >= 0.6 is 11.8 Å². The van der Waals surface area contributed by atoms with Gasteiger partial charge in [0.15, 0.2) is 0 Å². The summed E-state index contributed by atoms with van der Waals surface area (Å²) in [7, 11) is 1.63. The minimum absolute atomic E-state index is 0.0733. The first-order valence-electron chi connectivity index (χ1n) is 6.28. The monoisotopic (exact) mass is 267 g/mol. The van der Waals surface area contributed by atoms with Crippen molar-refractivity contribution >= 4 is 23.4 Å². The molecule has 4 heteroatoms. The zero-order valence-electron chi connectivity index (χ0n) is 11.1. The van der Waals surface area contributed by atoms with Crippen molar-refractivity contribution in [1.29, 1.82) is 0 Å². The number of nitrogens with one attached hydrogen (secondary N) is 1. The minimum Gasteiger partial charge on any atom is -0.497 e. The molecule has 18 heavy (non-hydrogen) atoms. The highest BCUT2D eigenvalue weighted by molar-refractivity contribution is 7.99. The second kappa shape index (κ2) is 8.86. The van der Waals surface area contributed by atoms with Crippen LogP contribution in [0.3, 0.4) is 0 Å². The van der Waals surface area contributed by atoms with E-state index in [1.807, 2.05) is 36.0 Å². The third-order valence-electron chi connectivity index (χ3n) is 2.49. The van der Waals surface area contributed by atoms with E-state index >= 15 is 0 Å². The van der Waals surface area contributed by atoms with Crippen molar-refractivity contribution < 1.29 is 9.53 Å². The van der Waals surface area contributed by atoms with Gasteiger partial charge in [0.25, 0.3) is 0 Å². The van der Waals surface area contributed by atoms with Crippen LogP contribution in [0.15, 0.2) is 24.3 Å². The first-order chi connectivity index (χ1) is 8.76. The van der Waals surface area contributed by atoms with E-state index in [0.717, 1.165) is 22.9 Å². The lowest BCUT2D eigenvalue weighted by atomic mass is 10.3. The predicted octanol–water partition coefficient (Wildman–Crippen LogP) is 3.56. The molecule has 0 unspecified atom stereocenters. The number of thioether (sulfide) groups is 1. The Morgan fingerprint density at radius 1 is 1.28 bits per heavy atom. The smallest absolute Gasteiger partial charge is 0.225 e. The molecule has 1 amide bonds. The number of ether oxygens (including phenoxy) is 1. The number of hydrogen-bond acceptors (Lipinski definition) is 3. The summed E-state index contributed by atoms with van der Waals surface area (Å²) in [6.45, 7) is 2.18. The summed E-state index contributed by atoms with van der Waals surface area (Å²) in [5, 5.41) is 2.88. The largest absolute Gasteiger partial charge is 0.497 e. The van der Waals surface area contributed by atoms with Crippen molar-refractivity contribution in [2.24, 2.45) is 0 Å². The Kier molecular flexibility index (Phi) is 7.34. The van der Waals surface area contributed by atoms with Gasteiger partial charge in [-0.05, 0) is 36.4 Å². The second-order valence-electron chi connectivity index (χ2n) is 3.99. The van der Waals surface area contributed by atoms with Crippen molar-refractivity contribution in [2.75, 3.05) is 23.9 Å². The van der Waals surface area contributed by atoms with Crippen molar-refractivity contribution in [1.82, 2.24) is 0 Å². The Balaban J connectivity index is 2.22. The van der Waals surface area contributed by atoms with Crippen LogP contribution in [-0.2, 0) is 4.79 Å². The topological polar surface area (TPSA) is 38.3 Å². The molecular formula is C14H21NO2S. The molecule has 0 fully saturated rings. The summed E-state index contributed by atoms with van der Waals surface area (Å²) in [6, 6.07) is 7.37. The summed E-state index contributed by atoms with van der Waals surface area (Å²) >= 11 is 1.84. The Hall–Kier alpha value is -1.16. The number of benzene rings is 1. The lowest BCUT2D eigenvalue weighted by Gasteiger charge is -2.06. The van der Waals surface area contributed by atoms with Crippen LogP contribution in [0.4, 0.5) is 5.69 Å². The summed E-state index contributed by atoms with van der Waals surface area (Å²) in [4.78, 5) is 11.6. The Morgan fingerprint density at radius 2 is 2.00 bits per heavy atom. The predicted molar refractivity (Wildman–Crippen MR) is 78.5 cm³/mol. The Morgan fingerprint density at radius 3 is 2.61 bits per heavy atom. The van der Waals surface area contributed by atoms with Gasteiger partial charge in [-0.3, -0.25) is 4.79 Å². The number of anilines is 1. The first-order valence-corrected chi connectivity index (χ1v) is 7.43. The van der Waals surface area contributed by atoms with Crippen LogP contribution in [0.25, 0.3) is 0 Å². The van der Waals surface area contributed by atoms with E-state index in [0.29, 0.717) is 6.42 Å². The van der Waals surface area contributed by atoms with E-state index in [2.05, 4.69) is 12.2 Å². The summed E-state index contributed by atoms with van der Waals surface area (Å²) in [5.41, 5.74) is 0.819. The average molecular weight is 267 g/mol. The number of carbonyl (C=O) groups is 1. The van der Waals surface area contributed by atoms with Gasteiger partial charge < -0.3 is 10.1 Å². The first kappa shape index (κ1) is 14.9. The lowest BCUT2D eigenvalue weighted by Crippen LogP contribution is -2.12. The zero-order valence-corrected chi connectivity index (χ0v) is 11.9. The highest BCUT2D eigenvalue weighted by Gasteiger charge is 2.02. The van der Waals surface area contributed by atoms with Crippen molar-refractivity contribution in [3.63, 3.8) is 0 Å². The molecule has 0 radical (unpaired) electrons. The highest BCUT2D eigenvalue weighted by Crippen LogP contribution is 2.15. The molecule has 0 atom stereocenters. The third kappa shape index (κ3) is 5.96. The molecule has 0 aromatic heterocycles. The molecule has 0 saturated heterocycles. The maximum Gasteiger partial charge on any atom is 0.225 e. The van der Waals surface area contributed by atoms with E-state index in [1.54, 1.807) is 7.11 Å². The summed E-state index contributed by atoms with van der Waals surface area (Å²) < 4.78 is 5.06. The Labute approximate surface area is 113 Å². The number of methoxy groups -OCH3 is 1. The van der Waals surface area contributed by atoms with Gasteiger partial charge in [-0.2, -0.15) is 11.8 Å². The fourth-order valence-corrected chi connectivity index (χ4v) is 2.44. The second-order valence-corrected chi connectivity index (χ2v) is 5.22. The molecule has 1 N–H and O–H groups in total. The van der Waals surface area contributed by atoms with E-state index in [9.17, 15) is 4.79 Å². The maximum absolute atomic E-state index is 11.6. The molecule has 1 aromatic rings. The molecule has 0 aliphatic rings. The van der Waals surface area contributed by atoms with Gasteiger partial charge in [0.2, 0.25) is 5.91 Å². The standard InChI is InChI=1S/C14H21NO2S/c1-3-4-10-18-11-9-14(16)15-12-5-7-13(17-2)8-6-12/h5-8H,3-4,9-11H2,1-2H3,(H,15,16). The molecule has 0 heterocycles. The zero-order chi connectivity index (χ0) is 13.2. The molecule has 0 aliphatic heterocycles. The van der Waals surface area contributed by atoms with Gasteiger partial charge in [0.1, 0.15) is 5.75 Å². The molecule has 1 aromatic carbocycles. The molecule has 0 aliphatic carbocycles. The molecule has 3 nitrogen and oxygen atoms in total. The van der Waals surface area contributed by atoms with E-state index in [4.69, 9.17) is 4.74 Å². The third-order valence-corrected chi connectivity index (χ3v) is 3.56. The van der Waals surface area contributed by atoms with Crippen LogP contribution in [0.5, 0.6) is 5.75 Å². The number of rotatable bonds is 8. The molecular weight excluding hydrogens is 246 g/mol. The van der Waals surface area contributed by atoms with Crippen molar-refractivity contribution in [3.05, 3.63) is 24.3 Å². The number of unbranched alkanes of at least 4 members (excludes halogenated alkanes) is 1. The summed E-state index contributed by atoms with van der Waals surface area (Å²) in [6.07, 6.45) is 3.01. The van der Waals surface area contributed by atoms with Crippen LogP contribution in [0, 0.1) is 0 Å². The number of carbonyl (C=O) groups excluding carboxylic acids is 1. The van der Waals surface area contributed by atoms with Crippen LogP contribution < -0.4 is 10.1 Å². The highest BCUT2D eigenvalue weighted by atomic mass is 32.2. The average Bonchev–Trinajstić information content (AvgIpc) is 2.39. The minimum atomic E-state index is 0.0733. The van der Waals surface area contributed by atoms with Gasteiger partial charge in [-0.1, -0.05) is 13.3 Å². The van der Waals surface area contributed by atoms with Crippen LogP contribution in [0.1, 0.15) is 26.2 Å². The van der Waals surface area contributed by atoms with Gasteiger partial charge in [0, 0.05) is 17.9 Å². The van der Waals surface area contributed by atoms with Gasteiger partial charge in [0.05, 0.1) is 7.11 Å². The molecule has 100 valence electrons. The quantitative estimate of drug-likeness (QED) is 0.732. The van der Waals surface area contributed by atoms with Gasteiger partial charge >= 0.3 is 0 Å². The van der Waals surface area contributed by atoms with Crippen molar-refractivity contribution in [3.8, 4) is 5.75 Å². The Bertz CT molecular complexity index is 351. The van der Waals surface area contributed by atoms with Crippen LogP contribution in [-0.4, -0.2) is 24.5 Å². The summed E-state index contributed by atoms with van der Waals surface area (Å²) in [5.74, 6) is 2.90. The van der Waals surface area contributed by atoms with E-state index in [1.165, 1.54) is 12.8 Å². The molecule has 1 rings (SSSR count). The normalized spacial score (nSPS) is 10.1. The maximum atomic E-state index is 11.6. The van der Waals surface area contributed by atoms with E-state index in [-0.39, 0.29) is 5.91 Å². The number of amides is 1. The van der Waals surface area contributed by atoms with E-state index < -0.39 is 0 Å². The van der Waals surface area contributed by atoms with Crippen molar-refractivity contribution in [2.45, 2.75) is 26.2 Å². The molecule has 0 bridgehead atoms. The van der Waals surface area contributed by atoms with Gasteiger partial charge in [-0.15, -0.1) is 0 Å². The fourth-order valence-electron chi connectivity index (χ4n) is 1.41. The fraction of sp³-hybridized carbons (Fsp3) is 0.500.